The van der Waals surface area contributed by atoms with Gasteiger partial charge in [-0.2, -0.15) is 0 Å². The Balaban J connectivity index is 2.02. The van der Waals surface area contributed by atoms with Crippen LogP contribution in [-0.2, 0) is 16.0 Å². The molecule has 0 aliphatic carbocycles. The maximum Gasteiger partial charge on any atom is 0.168 e. The molecule has 1 aromatic carbocycles. The van der Waals surface area contributed by atoms with E-state index in [0.29, 0.717) is 13.0 Å². The summed E-state index contributed by atoms with van der Waals surface area (Å²) >= 11 is 0. The third-order valence-electron chi connectivity index (χ3n) is 3.33. The predicted molar refractivity (Wildman–Crippen MR) is 65.3 cm³/mol. The van der Waals surface area contributed by atoms with Crippen molar-refractivity contribution in [2.75, 3.05) is 13.7 Å². The summed E-state index contributed by atoms with van der Waals surface area (Å²) in [6.45, 7) is 2.59. The van der Waals surface area contributed by atoms with Crippen LogP contribution in [0.25, 0.3) is 0 Å². The highest BCUT2D eigenvalue weighted by molar-refractivity contribution is 5.89. The highest BCUT2D eigenvalue weighted by atomic mass is 16.5. The van der Waals surface area contributed by atoms with Crippen LogP contribution >= 0.6 is 0 Å². The Bertz CT molecular complexity index is 388. The Labute approximate surface area is 102 Å². The van der Waals surface area contributed by atoms with E-state index in [9.17, 15) is 4.79 Å². The lowest BCUT2D eigenvalue weighted by molar-refractivity contribution is -0.136. The summed E-state index contributed by atoms with van der Waals surface area (Å²) < 4.78 is 10.6. The molecule has 0 radical (unpaired) electrons. The van der Waals surface area contributed by atoms with Crippen molar-refractivity contribution in [3.8, 4) is 5.75 Å². The average molecular weight is 234 g/mol. The largest absolute Gasteiger partial charge is 0.497 e. The van der Waals surface area contributed by atoms with Crippen molar-refractivity contribution < 1.29 is 14.3 Å². The second kappa shape index (κ2) is 4.88. The van der Waals surface area contributed by atoms with Crippen molar-refractivity contribution in [2.45, 2.75) is 31.8 Å². The van der Waals surface area contributed by atoms with Gasteiger partial charge in [-0.3, -0.25) is 4.79 Å². The van der Waals surface area contributed by atoms with E-state index in [4.69, 9.17) is 9.47 Å². The normalized spacial score (nSPS) is 23.6. The molecule has 1 aliphatic heterocycles. The lowest BCUT2D eigenvalue weighted by atomic mass is 9.92. The van der Waals surface area contributed by atoms with Crippen molar-refractivity contribution >= 4 is 5.78 Å². The summed E-state index contributed by atoms with van der Waals surface area (Å²) in [6.07, 6.45) is 2.24. The minimum atomic E-state index is -0.570. The summed E-state index contributed by atoms with van der Waals surface area (Å²) in [5.74, 6) is 0.977. The van der Waals surface area contributed by atoms with E-state index in [0.717, 1.165) is 24.2 Å². The van der Waals surface area contributed by atoms with Crippen molar-refractivity contribution in [3.05, 3.63) is 29.8 Å². The zero-order valence-corrected chi connectivity index (χ0v) is 10.4. The molecule has 1 unspecified atom stereocenters. The summed E-state index contributed by atoms with van der Waals surface area (Å²) in [4.78, 5) is 12.1. The van der Waals surface area contributed by atoms with Crippen LogP contribution in [0.1, 0.15) is 25.3 Å². The number of hydrogen-bond acceptors (Lipinski definition) is 3. The van der Waals surface area contributed by atoms with Crippen LogP contribution in [0, 0.1) is 0 Å². The van der Waals surface area contributed by atoms with Crippen LogP contribution in [0.3, 0.4) is 0 Å². The van der Waals surface area contributed by atoms with E-state index in [2.05, 4.69) is 0 Å². The maximum absolute atomic E-state index is 12.1. The van der Waals surface area contributed by atoms with E-state index >= 15 is 0 Å². The van der Waals surface area contributed by atoms with Gasteiger partial charge >= 0.3 is 0 Å². The number of rotatable bonds is 4. The fourth-order valence-electron chi connectivity index (χ4n) is 2.11. The maximum atomic E-state index is 12.1. The summed E-state index contributed by atoms with van der Waals surface area (Å²) in [5, 5.41) is 0. The molecule has 1 fully saturated rings. The van der Waals surface area contributed by atoms with E-state index in [1.165, 1.54) is 0 Å². The first-order valence-electron chi connectivity index (χ1n) is 5.94. The minimum Gasteiger partial charge on any atom is -0.497 e. The van der Waals surface area contributed by atoms with Crippen LogP contribution in [0.4, 0.5) is 0 Å². The molecule has 1 aliphatic rings. The van der Waals surface area contributed by atoms with Gasteiger partial charge in [0.25, 0.3) is 0 Å². The second-order valence-corrected chi connectivity index (χ2v) is 4.63. The minimum absolute atomic E-state index is 0.167. The molecule has 0 amide bonds. The van der Waals surface area contributed by atoms with Gasteiger partial charge in [0, 0.05) is 13.0 Å². The third kappa shape index (κ3) is 2.67. The van der Waals surface area contributed by atoms with Gasteiger partial charge in [0.2, 0.25) is 0 Å². The van der Waals surface area contributed by atoms with Crippen molar-refractivity contribution in [3.63, 3.8) is 0 Å². The number of carbonyl (C=O) groups excluding carboxylic acids is 1. The molecule has 3 heteroatoms. The lowest BCUT2D eigenvalue weighted by Crippen LogP contribution is -2.35. The monoisotopic (exact) mass is 234 g/mol. The summed E-state index contributed by atoms with van der Waals surface area (Å²) in [7, 11) is 1.63. The van der Waals surface area contributed by atoms with Gasteiger partial charge in [-0.1, -0.05) is 12.1 Å². The fourth-order valence-corrected chi connectivity index (χ4v) is 2.11. The van der Waals surface area contributed by atoms with Crippen molar-refractivity contribution in [2.24, 2.45) is 0 Å². The van der Waals surface area contributed by atoms with Gasteiger partial charge in [-0.05, 0) is 37.5 Å². The number of Topliss-reactive ketones (excluding diaryl/α,β-unsaturated/α-hetero) is 1. The van der Waals surface area contributed by atoms with E-state index < -0.39 is 5.60 Å². The Morgan fingerprint density at radius 3 is 2.65 bits per heavy atom. The molecular weight excluding hydrogens is 216 g/mol. The molecule has 1 atom stereocenters. The SMILES string of the molecule is COc1ccc(CC(=O)C2(C)CCCO2)cc1. The van der Waals surface area contributed by atoms with Gasteiger partial charge in [-0.15, -0.1) is 0 Å². The molecule has 17 heavy (non-hydrogen) atoms. The number of ketones is 1. The fraction of sp³-hybridized carbons (Fsp3) is 0.500. The Morgan fingerprint density at radius 2 is 2.12 bits per heavy atom. The molecule has 92 valence electrons. The van der Waals surface area contributed by atoms with Gasteiger partial charge in [-0.25, -0.2) is 0 Å². The van der Waals surface area contributed by atoms with Gasteiger partial charge < -0.3 is 9.47 Å². The molecule has 3 nitrogen and oxygen atoms in total. The lowest BCUT2D eigenvalue weighted by Gasteiger charge is -2.21. The van der Waals surface area contributed by atoms with Crippen molar-refractivity contribution in [1.29, 1.82) is 0 Å². The van der Waals surface area contributed by atoms with Crippen LogP contribution in [0.2, 0.25) is 0 Å². The zero-order chi connectivity index (χ0) is 12.3. The molecule has 1 saturated heterocycles. The zero-order valence-electron chi connectivity index (χ0n) is 10.4. The third-order valence-corrected chi connectivity index (χ3v) is 3.33. The smallest absolute Gasteiger partial charge is 0.168 e. The molecule has 1 aromatic rings. The Hall–Kier alpha value is -1.35. The highest BCUT2D eigenvalue weighted by Crippen LogP contribution is 2.27. The molecule has 2 rings (SSSR count). The van der Waals surface area contributed by atoms with Crippen LogP contribution < -0.4 is 4.74 Å². The number of benzene rings is 1. The molecule has 0 spiro atoms. The Morgan fingerprint density at radius 1 is 1.41 bits per heavy atom. The predicted octanol–water partition coefficient (Wildman–Crippen LogP) is 2.38. The van der Waals surface area contributed by atoms with Gasteiger partial charge in [0.15, 0.2) is 5.78 Å². The van der Waals surface area contributed by atoms with Crippen molar-refractivity contribution in [1.82, 2.24) is 0 Å². The average Bonchev–Trinajstić information content (AvgIpc) is 2.78. The van der Waals surface area contributed by atoms with Gasteiger partial charge in [0.1, 0.15) is 11.4 Å². The number of ether oxygens (including phenoxy) is 2. The first-order valence-corrected chi connectivity index (χ1v) is 5.94. The van der Waals surface area contributed by atoms with E-state index in [1.54, 1.807) is 7.11 Å². The summed E-state index contributed by atoms with van der Waals surface area (Å²) in [6, 6.07) is 7.60. The number of carbonyl (C=O) groups is 1. The second-order valence-electron chi connectivity index (χ2n) is 4.63. The standard InChI is InChI=1S/C14H18O3/c1-14(8-3-9-17-14)13(15)10-11-4-6-12(16-2)7-5-11/h4-7H,3,8-10H2,1-2H3. The van der Waals surface area contributed by atoms with Crippen LogP contribution in [-0.4, -0.2) is 25.1 Å². The van der Waals surface area contributed by atoms with E-state index in [1.807, 2.05) is 31.2 Å². The molecule has 0 bridgehead atoms. The number of methoxy groups -OCH3 is 1. The highest BCUT2D eigenvalue weighted by Gasteiger charge is 2.36. The number of hydrogen-bond donors (Lipinski definition) is 0. The molecular formula is C14H18O3. The molecule has 0 N–H and O–H groups in total. The van der Waals surface area contributed by atoms with Crippen LogP contribution in [0.5, 0.6) is 5.75 Å². The molecule has 1 heterocycles. The molecule has 0 saturated carbocycles. The molecule has 0 aromatic heterocycles. The topological polar surface area (TPSA) is 35.5 Å². The first-order chi connectivity index (χ1) is 8.14. The first kappa shape index (κ1) is 12.1. The van der Waals surface area contributed by atoms with Gasteiger partial charge in [0.05, 0.1) is 7.11 Å². The Kier molecular flexibility index (Phi) is 3.48. The van der Waals surface area contributed by atoms with E-state index in [-0.39, 0.29) is 5.78 Å². The quantitative estimate of drug-likeness (QED) is 0.802. The van der Waals surface area contributed by atoms with Crippen LogP contribution in [0.15, 0.2) is 24.3 Å². The summed E-state index contributed by atoms with van der Waals surface area (Å²) in [5.41, 5.74) is 0.437.